The lowest BCUT2D eigenvalue weighted by molar-refractivity contribution is 0.623. The van der Waals surface area contributed by atoms with Crippen LogP contribution in [0.4, 0.5) is 0 Å². The third kappa shape index (κ3) is 4.66. The Morgan fingerprint density at radius 2 is 2.11 bits per heavy atom. The van der Waals surface area contributed by atoms with Gasteiger partial charge >= 0.3 is 0 Å². The molecule has 1 aliphatic rings. The first-order chi connectivity index (χ1) is 8.88. The fourth-order valence-electron chi connectivity index (χ4n) is 2.55. The maximum Gasteiger partial charge on any atom is 0.0205 e. The normalized spacial score (nSPS) is 16.3. The van der Waals surface area contributed by atoms with E-state index in [1.54, 1.807) is 0 Å². The van der Waals surface area contributed by atoms with Gasteiger partial charge in [0.1, 0.15) is 0 Å². The van der Waals surface area contributed by atoms with Gasteiger partial charge in [-0.1, -0.05) is 31.9 Å². The summed E-state index contributed by atoms with van der Waals surface area (Å²) in [7, 11) is 0. The maximum absolute atomic E-state index is 3.47. The Labute approximate surface area is 116 Å². The van der Waals surface area contributed by atoms with Gasteiger partial charge in [0.05, 0.1) is 0 Å². The topological polar surface area (TPSA) is 12.0 Å². The summed E-state index contributed by atoms with van der Waals surface area (Å²) in [6.07, 6.45) is 7.00. The Morgan fingerprint density at radius 3 is 2.89 bits per heavy atom. The average Bonchev–Trinajstić information content (AvgIpc) is 2.90. The van der Waals surface area contributed by atoms with Crippen molar-refractivity contribution in [2.24, 2.45) is 5.92 Å². The molecule has 0 saturated heterocycles. The molecule has 0 aliphatic heterocycles. The quantitative estimate of drug-likeness (QED) is 0.575. The Bertz CT molecular complexity index is 345. The van der Waals surface area contributed by atoms with Crippen LogP contribution < -0.4 is 5.32 Å². The van der Waals surface area contributed by atoms with Gasteiger partial charge in [0.15, 0.2) is 0 Å². The van der Waals surface area contributed by atoms with Crippen LogP contribution in [0.1, 0.15) is 44.6 Å². The van der Waals surface area contributed by atoms with Crippen molar-refractivity contribution in [3.63, 3.8) is 0 Å². The van der Waals surface area contributed by atoms with Crippen LogP contribution >= 0.6 is 11.8 Å². The molecule has 100 valence electrons. The second kappa shape index (κ2) is 7.85. The van der Waals surface area contributed by atoms with E-state index in [0.717, 1.165) is 19.0 Å². The summed E-state index contributed by atoms with van der Waals surface area (Å²) in [6, 6.07) is 9.02. The minimum atomic E-state index is 0.969. The summed E-state index contributed by atoms with van der Waals surface area (Å²) in [6.45, 7) is 4.33. The van der Waals surface area contributed by atoms with E-state index in [1.807, 2.05) is 11.8 Å². The van der Waals surface area contributed by atoms with Gasteiger partial charge in [-0.05, 0) is 49.4 Å². The minimum Gasteiger partial charge on any atom is -0.313 e. The van der Waals surface area contributed by atoms with Crippen molar-refractivity contribution in [2.75, 3.05) is 12.3 Å². The molecule has 1 aromatic rings. The van der Waals surface area contributed by atoms with E-state index < -0.39 is 0 Å². The van der Waals surface area contributed by atoms with Crippen molar-refractivity contribution in [1.29, 1.82) is 0 Å². The zero-order chi connectivity index (χ0) is 12.6. The van der Waals surface area contributed by atoms with Crippen LogP contribution in [0.15, 0.2) is 29.2 Å². The van der Waals surface area contributed by atoms with Crippen molar-refractivity contribution in [1.82, 2.24) is 5.32 Å². The van der Waals surface area contributed by atoms with E-state index in [9.17, 15) is 0 Å². The molecule has 1 aliphatic carbocycles. The molecule has 1 fully saturated rings. The van der Waals surface area contributed by atoms with Crippen molar-refractivity contribution >= 4 is 11.8 Å². The number of hydrogen-bond acceptors (Lipinski definition) is 2. The number of rotatable bonds is 7. The molecule has 0 radical (unpaired) electrons. The molecular weight excluding hydrogens is 238 g/mol. The van der Waals surface area contributed by atoms with Gasteiger partial charge in [0.25, 0.3) is 0 Å². The highest BCUT2D eigenvalue weighted by molar-refractivity contribution is 7.99. The highest BCUT2D eigenvalue weighted by atomic mass is 32.2. The van der Waals surface area contributed by atoms with Crippen LogP contribution in [0.2, 0.25) is 0 Å². The molecule has 0 unspecified atom stereocenters. The molecule has 1 aromatic carbocycles. The first kappa shape index (κ1) is 14.0. The predicted octanol–water partition coefficient (Wildman–Crippen LogP) is 4.47. The van der Waals surface area contributed by atoms with Gasteiger partial charge in [0.2, 0.25) is 0 Å². The summed E-state index contributed by atoms with van der Waals surface area (Å²) in [4.78, 5) is 1.44. The third-order valence-electron chi connectivity index (χ3n) is 3.61. The fourth-order valence-corrected chi connectivity index (χ4v) is 3.72. The molecular formula is C16H25NS. The first-order valence-electron chi connectivity index (χ1n) is 7.31. The molecule has 0 spiro atoms. The summed E-state index contributed by atoms with van der Waals surface area (Å²) < 4.78 is 0. The second-order valence-electron chi connectivity index (χ2n) is 5.29. The summed E-state index contributed by atoms with van der Waals surface area (Å²) in [5.74, 6) is 2.28. The SMILES string of the molecule is CCCNCc1cccc(SCC2CCCC2)c1. The maximum atomic E-state index is 3.47. The van der Waals surface area contributed by atoms with Crippen LogP contribution in [0.25, 0.3) is 0 Å². The lowest BCUT2D eigenvalue weighted by Crippen LogP contribution is -2.13. The van der Waals surface area contributed by atoms with Crippen molar-refractivity contribution < 1.29 is 0 Å². The van der Waals surface area contributed by atoms with Crippen molar-refractivity contribution in [3.8, 4) is 0 Å². The monoisotopic (exact) mass is 263 g/mol. The third-order valence-corrected chi connectivity index (χ3v) is 4.84. The van der Waals surface area contributed by atoms with Gasteiger partial charge in [0, 0.05) is 17.2 Å². The zero-order valence-electron chi connectivity index (χ0n) is 11.5. The Hall–Kier alpha value is -0.470. The lowest BCUT2D eigenvalue weighted by atomic mass is 10.1. The van der Waals surface area contributed by atoms with Crippen LogP contribution in [0, 0.1) is 5.92 Å². The molecule has 1 nitrogen and oxygen atoms in total. The number of benzene rings is 1. The Kier molecular flexibility index (Phi) is 6.09. The van der Waals surface area contributed by atoms with E-state index in [-0.39, 0.29) is 0 Å². The molecule has 1 saturated carbocycles. The Morgan fingerprint density at radius 1 is 1.28 bits per heavy atom. The van der Waals surface area contributed by atoms with E-state index in [0.29, 0.717) is 0 Å². The number of thioether (sulfide) groups is 1. The standard InChI is InChI=1S/C16H25NS/c1-2-10-17-12-15-8-5-9-16(11-15)18-13-14-6-3-4-7-14/h5,8-9,11,14,17H,2-4,6-7,10,12-13H2,1H3. The molecule has 1 N–H and O–H groups in total. The van der Waals surface area contributed by atoms with Gasteiger partial charge in [-0.15, -0.1) is 11.8 Å². The van der Waals surface area contributed by atoms with Crippen LogP contribution in [0.5, 0.6) is 0 Å². The summed E-state index contributed by atoms with van der Waals surface area (Å²) >= 11 is 2.04. The minimum absolute atomic E-state index is 0.969. The smallest absolute Gasteiger partial charge is 0.0205 e. The Balaban J connectivity index is 1.78. The summed E-state index contributed by atoms with van der Waals surface area (Å²) in [5.41, 5.74) is 1.42. The fraction of sp³-hybridized carbons (Fsp3) is 0.625. The van der Waals surface area contributed by atoms with Crippen LogP contribution in [0.3, 0.4) is 0 Å². The van der Waals surface area contributed by atoms with E-state index in [4.69, 9.17) is 0 Å². The molecule has 2 heteroatoms. The highest BCUT2D eigenvalue weighted by Crippen LogP contribution is 2.31. The van der Waals surface area contributed by atoms with Crippen molar-refractivity contribution in [2.45, 2.75) is 50.5 Å². The van der Waals surface area contributed by atoms with Crippen LogP contribution in [-0.4, -0.2) is 12.3 Å². The first-order valence-corrected chi connectivity index (χ1v) is 8.29. The van der Waals surface area contributed by atoms with E-state index in [2.05, 4.69) is 36.5 Å². The summed E-state index contributed by atoms with van der Waals surface area (Å²) in [5, 5.41) is 3.47. The molecule has 18 heavy (non-hydrogen) atoms. The zero-order valence-corrected chi connectivity index (χ0v) is 12.3. The van der Waals surface area contributed by atoms with Gasteiger partial charge in [-0.25, -0.2) is 0 Å². The van der Waals surface area contributed by atoms with Gasteiger partial charge in [-0.2, -0.15) is 0 Å². The van der Waals surface area contributed by atoms with E-state index >= 15 is 0 Å². The lowest BCUT2D eigenvalue weighted by Gasteiger charge is -2.09. The average molecular weight is 263 g/mol. The highest BCUT2D eigenvalue weighted by Gasteiger charge is 2.14. The molecule has 2 rings (SSSR count). The van der Waals surface area contributed by atoms with Crippen LogP contribution in [-0.2, 0) is 6.54 Å². The number of hydrogen-bond donors (Lipinski definition) is 1. The van der Waals surface area contributed by atoms with Gasteiger partial charge < -0.3 is 5.32 Å². The van der Waals surface area contributed by atoms with E-state index in [1.165, 1.54) is 48.3 Å². The molecule has 0 atom stereocenters. The van der Waals surface area contributed by atoms with Crippen molar-refractivity contribution in [3.05, 3.63) is 29.8 Å². The molecule has 0 bridgehead atoms. The number of nitrogens with one attached hydrogen (secondary N) is 1. The molecule has 0 aromatic heterocycles. The molecule has 0 heterocycles. The predicted molar refractivity (Wildman–Crippen MR) is 81.1 cm³/mol. The van der Waals surface area contributed by atoms with Gasteiger partial charge in [-0.3, -0.25) is 0 Å². The molecule has 0 amide bonds. The second-order valence-corrected chi connectivity index (χ2v) is 6.38. The largest absolute Gasteiger partial charge is 0.313 e.